The molecule has 0 bridgehead atoms. The average Bonchev–Trinajstić information content (AvgIpc) is 3.38. The van der Waals surface area contributed by atoms with Gasteiger partial charge in [0.25, 0.3) is 0 Å². The van der Waals surface area contributed by atoms with Gasteiger partial charge in [-0.2, -0.15) is 5.10 Å². The Morgan fingerprint density at radius 2 is 2.21 bits per heavy atom. The zero-order valence-electron chi connectivity index (χ0n) is 16.5. The summed E-state index contributed by atoms with van der Waals surface area (Å²) in [6, 6.07) is 1.37. The van der Waals surface area contributed by atoms with Gasteiger partial charge in [-0.3, -0.25) is 23.9 Å². The quantitative estimate of drug-likeness (QED) is 0.520. The van der Waals surface area contributed by atoms with E-state index >= 15 is 0 Å². The highest BCUT2D eigenvalue weighted by molar-refractivity contribution is 5.95. The van der Waals surface area contributed by atoms with Gasteiger partial charge in [-0.15, -0.1) is 0 Å². The zero-order valence-corrected chi connectivity index (χ0v) is 16.5. The van der Waals surface area contributed by atoms with Crippen molar-refractivity contribution in [3.05, 3.63) is 24.9 Å². The number of hydrogen-bond acceptors (Lipinski definition) is 6. The Bertz CT molecular complexity index is 819. The summed E-state index contributed by atoms with van der Waals surface area (Å²) in [5.41, 5.74) is 0. The summed E-state index contributed by atoms with van der Waals surface area (Å²) in [5.74, 6) is -0.522. The molecule has 10 nitrogen and oxygen atoms in total. The first-order valence-corrected chi connectivity index (χ1v) is 9.63. The van der Waals surface area contributed by atoms with Gasteiger partial charge in [0, 0.05) is 32.7 Å². The van der Waals surface area contributed by atoms with Crippen molar-refractivity contribution >= 4 is 29.3 Å². The maximum absolute atomic E-state index is 12.6. The van der Waals surface area contributed by atoms with Crippen LogP contribution in [0, 0.1) is 5.92 Å². The van der Waals surface area contributed by atoms with E-state index in [0.717, 1.165) is 11.9 Å². The first kappa shape index (κ1) is 20.6. The van der Waals surface area contributed by atoms with Gasteiger partial charge in [-0.05, 0) is 18.9 Å². The van der Waals surface area contributed by atoms with Crippen molar-refractivity contribution in [3.63, 3.8) is 0 Å². The molecule has 0 aromatic carbocycles. The van der Waals surface area contributed by atoms with E-state index in [0.29, 0.717) is 25.9 Å². The molecule has 2 aliphatic heterocycles. The minimum atomic E-state index is -0.411. The Morgan fingerprint density at radius 3 is 2.83 bits per heavy atom. The number of hydrogen-bond donors (Lipinski definition) is 2. The lowest BCUT2D eigenvalue weighted by Crippen LogP contribution is -2.44. The number of carbonyl (C=O) groups is 4. The molecule has 0 radical (unpaired) electrons. The fraction of sp³-hybridized carbons (Fsp3) is 0.526. The summed E-state index contributed by atoms with van der Waals surface area (Å²) < 4.78 is 1.64. The molecule has 10 heteroatoms. The Kier molecular flexibility index (Phi) is 6.30. The molecule has 1 aromatic heterocycles. The van der Waals surface area contributed by atoms with Crippen LogP contribution in [0.15, 0.2) is 24.9 Å². The molecule has 29 heavy (non-hydrogen) atoms. The van der Waals surface area contributed by atoms with Crippen molar-refractivity contribution in [2.24, 2.45) is 13.0 Å². The molecular formula is C19H26N6O4. The maximum Gasteiger partial charge on any atom is 0.246 e. The second-order valence-corrected chi connectivity index (χ2v) is 7.32. The third kappa shape index (κ3) is 4.82. The van der Waals surface area contributed by atoms with Gasteiger partial charge < -0.3 is 20.4 Å². The first-order chi connectivity index (χ1) is 13.9. The number of aryl methyl sites for hydroxylation is 1. The molecule has 0 aliphatic carbocycles. The fourth-order valence-electron chi connectivity index (χ4n) is 3.65. The third-order valence-corrected chi connectivity index (χ3v) is 5.26. The number of Topliss-reactive ketones (excluding diaryl/α,β-unsaturated/α-hetero) is 1. The summed E-state index contributed by atoms with van der Waals surface area (Å²) in [7, 11) is 1.78. The molecule has 3 amide bonds. The lowest BCUT2D eigenvalue weighted by atomic mass is 10.1. The maximum atomic E-state index is 12.6. The molecular weight excluding hydrogens is 376 g/mol. The Hall–Kier alpha value is -3.17. The number of carbonyl (C=O) groups excluding carboxylic acids is 4. The van der Waals surface area contributed by atoms with Crippen LogP contribution in [0.3, 0.4) is 0 Å². The largest absolute Gasteiger partial charge is 0.359 e. The first-order valence-electron chi connectivity index (χ1n) is 9.63. The fourth-order valence-corrected chi connectivity index (χ4v) is 3.65. The predicted molar refractivity (Wildman–Crippen MR) is 105 cm³/mol. The van der Waals surface area contributed by atoms with Gasteiger partial charge in [0.15, 0.2) is 5.78 Å². The Morgan fingerprint density at radius 1 is 1.41 bits per heavy atom. The highest BCUT2D eigenvalue weighted by atomic mass is 16.2. The highest BCUT2D eigenvalue weighted by Crippen LogP contribution is 2.17. The minimum absolute atomic E-state index is 0.0693. The van der Waals surface area contributed by atoms with Gasteiger partial charge in [0.05, 0.1) is 25.2 Å². The Balaban J connectivity index is 1.54. The molecule has 2 fully saturated rings. The van der Waals surface area contributed by atoms with E-state index in [4.69, 9.17) is 0 Å². The number of aromatic nitrogens is 2. The van der Waals surface area contributed by atoms with Gasteiger partial charge in [0.1, 0.15) is 11.9 Å². The molecule has 2 aliphatic rings. The number of ketones is 1. The molecule has 2 atom stereocenters. The van der Waals surface area contributed by atoms with E-state index in [9.17, 15) is 19.2 Å². The van der Waals surface area contributed by atoms with Crippen molar-refractivity contribution in [2.75, 3.05) is 38.0 Å². The van der Waals surface area contributed by atoms with Gasteiger partial charge in [-0.1, -0.05) is 6.58 Å². The van der Waals surface area contributed by atoms with Crippen LogP contribution < -0.4 is 10.6 Å². The van der Waals surface area contributed by atoms with E-state index in [1.54, 1.807) is 24.0 Å². The standard InChI is InChI=1S/C19H26N6O4/c1-3-17(27)25(10-13-4-7-20-18(13)28)12-14(26)11-24-9-6-15(19(24)29)22-16-5-8-21-23(16)2/h3,5,8,13,15,22H,1,4,6-7,9-12H2,2H3,(H,20,28). The van der Waals surface area contributed by atoms with Crippen LogP contribution >= 0.6 is 0 Å². The van der Waals surface area contributed by atoms with Crippen LogP contribution in [0.4, 0.5) is 5.82 Å². The molecule has 1 aromatic rings. The van der Waals surface area contributed by atoms with Crippen LogP contribution in [0.2, 0.25) is 0 Å². The van der Waals surface area contributed by atoms with Crippen LogP contribution in [0.5, 0.6) is 0 Å². The number of rotatable bonds is 9. The van der Waals surface area contributed by atoms with E-state index in [1.807, 2.05) is 0 Å². The van der Waals surface area contributed by atoms with Crippen LogP contribution in [-0.2, 0) is 26.2 Å². The van der Waals surface area contributed by atoms with E-state index in [1.165, 1.54) is 9.80 Å². The molecule has 2 saturated heterocycles. The predicted octanol–water partition coefficient (Wildman–Crippen LogP) is -0.847. The summed E-state index contributed by atoms with van der Waals surface area (Å²) in [5, 5.41) is 9.92. The number of amides is 3. The average molecular weight is 402 g/mol. The van der Waals surface area contributed by atoms with Crippen molar-refractivity contribution < 1.29 is 19.2 Å². The third-order valence-electron chi connectivity index (χ3n) is 5.26. The smallest absolute Gasteiger partial charge is 0.246 e. The molecule has 156 valence electrons. The minimum Gasteiger partial charge on any atom is -0.359 e. The van der Waals surface area contributed by atoms with Crippen molar-refractivity contribution in [2.45, 2.75) is 18.9 Å². The number of likely N-dealkylation sites (tertiary alicyclic amines) is 1. The summed E-state index contributed by atoms with van der Waals surface area (Å²) in [4.78, 5) is 51.9. The summed E-state index contributed by atoms with van der Waals surface area (Å²) >= 11 is 0. The number of nitrogens with one attached hydrogen (secondary N) is 2. The molecule has 3 rings (SSSR count). The SMILES string of the molecule is C=CC(=O)N(CC(=O)CN1CCC(Nc2ccnn2C)C1=O)CC1CCNC1=O. The second-order valence-electron chi connectivity index (χ2n) is 7.32. The Labute approximate surface area is 168 Å². The highest BCUT2D eigenvalue weighted by Gasteiger charge is 2.34. The topological polar surface area (TPSA) is 117 Å². The van der Waals surface area contributed by atoms with E-state index < -0.39 is 11.9 Å². The van der Waals surface area contributed by atoms with Crippen molar-refractivity contribution in [1.29, 1.82) is 0 Å². The van der Waals surface area contributed by atoms with Gasteiger partial charge in [0.2, 0.25) is 17.7 Å². The van der Waals surface area contributed by atoms with E-state index in [2.05, 4.69) is 22.3 Å². The van der Waals surface area contributed by atoms with Crippen LogP contribution in [-0.4, -0.2) is 81.9 Å². The normalized spacial score (nSPS) is 21.2. The molecule has 2 unspecified atom stereocenters. The monoisotopic (exact) mass is 402 g/mol. The number of anilines is 1. The van der Waals surface area contributed by atoms with Gasteiger partial charge >= 0.3 is 0 Å². The lowest BCUT2D eigenvalue weighted by Gasteiger charge is -2.24. The van der Waals surface area contributed by atoms with Crippen LogP contribution in [0.25, 0.3) is 0 Å². The second kappa shape index (κ2) is 8.89. The van der Waals surface area contributed by atoms with Gasteiger partial charge in [-0.25, -0.2) is 0 Å². The van der Waals surface area contributed by atoms with E-state index in [-0.39, 0.29) is 43.1 Å². The zero-order chi connectivity index (χ0) is 21.0. The lowest BCUT2D eigenvalue weighted by molar-refractivity contribution is -0.136. The van der Waals surface area contributed by atoms with Crippen molar-refractivity contribution in [1.82, 2.24) is 24.9 Å². The summed E-state index contributed by atoms with van der Waals surface area (Å²) in [6.45, 7) is 4.44. The summed E-state index contributed by atoms with van der Waals surface area (Å²) in [6.07, 6.45) is 3.97. The molecule has 0 spiro atoms. The molecule has 2 N–H and O–H groups in total. The molecule has 0 saturated carbocycles. The number of nitrogens with zero attached hydrogens (tertiary/aromatic N) is 4. The van der Waals surface area contributed by atoms with Crippen molar-refractivity contribution in [3.8, 4) is 0 Å². The van der Waals surface area contributed by atoms with Crippen LogP contribution in [0.1, 0.15) is 12.8 Å². The molecule has 3 heterocycles.